The molecule has 0 fully saturated rings. The molecule has 3 aromatic carbocycles. The van der Waals surface area contributed by atoms with E-state index in [1.807, 2.05) is 18.2 Å². The van der Waals surface area contributed by atoms with Gasteiger partial charge in [0.05, 0.1) is 18.0 Å². The van der Waals surface area contributed by atoms with E-state index in [-0.39, 0.29) is 0 Å². The highest BCUT2D eigenvalue weighted by Crippen LogP contribution is 2.33. The second-order valence-electron chi connectivity index (χ2n) is 10.2. The fourth-order valence-electron chi connectivity index (χ4n) is 5.03. The van der Waals surface area contributed by atoms with Crippen LogP contribution < -0.4 is 14.0 Å². The van der Waals surface area contributed by atoms with E-state index in [0.29, 0.717) is 11.8 Å². The van der Waals surface area contributed by atoms with E-state index >= 15 is 0 Å². The number of hydrogen-bond acceptors (Lipinski definition) is 1. The van der Waals surface area contributed by atoms with Gasteiger partial charge in [-0.15, -0.1) is 9.13 Å². The lowest BCUT2D eigenvalue weighted by atomic mass is 9.92. The molecule has 0 N–H and O–H groups in total. The minimum Gasteiger partial charge on any atom is -0.414 e. The smallest absolute Gasteiger partial charge is 0.414 e. The molecule has 0 aliphatic heterocycles. The van der Waals surface area contributed by atoms with Crippen molar-refractivity contribution in [3.8, 4) is 23.3 Å². The fourth-order valence-corrected chi connectivity index (χ4v) is 5.03. The number of imidazole rings is 1. The van der Waals surface area contributed by atoms with Gasteiger partial charge in [0.15, 0.2) is 11.9 Å². The Morgan fingerprint density at radius 1 is 0.806 bits per heavy atom. The number of aryl methyl sites for hydroxylation is 2. The minimum atomic E-state index is 0.373. The van der Waals surface area contributed by atoms with Crippen molar-refractivity contribution in [1.29, 1.82) is 0 Å². The van der Waals surface area contributed by atoms with Crippen LogP contribution in [0.5, 0.6) is 11.6 Å². The molecule has 184 valence electrons. The van der Waals surface area contributed by atoms with Crippen molar-refractivity contribution in [2.45, 2.75) is 46.5 Å². The van der Waals surface area contributed by atoms with Gasteiger partial charge in [0.2, 0.25) is 6.20 Å². The van der Waals surface area contributed by atoms with E-state index in [4.69, 9.17) is 4.74 Å². The van der Waals surface area contributed by atoms with E-state index in [1.54, 1.807) is 0 Å². The highest BCUT2D eigenvalue weighted by Gasteiger charge is 2.38. The highest BCUT2D eigenvalue weighted by atomic mass is 16.5. The highest BCUT2D eigenvalue weighted by molar-refractivity contribution is 5.77. The quantitative estimate of drug-likeness (QED) is 0.258. The Balaban J connectivity index is 1.83. The van der Waals surface area contributed by atoms with Gasteiger partial charge < -0.3 is 4.74 Å². The van der Waals surface area contributed by atoms with Gasteiger partial charge in [0.1, 0.15) is 12.8 Å². The lowest BCUT2D eigenvalue weighted by molar-refractivity contribution is -0.815. The lowest BCUT2D eigenvalue weighted by Crippen LogP contribution is -2.51. The van der Waals surface area contributed by atoms with Gasteiger partial charge in [-0.2, -0.15) is 4.68 Å². The molecule has 5 rings (SSSR count). The zero-order valence-electron chi connectivity index (χ0n) is 22.4. The summed E-state index contributed by atoms with van der Waals surface area (Å²) in [6, 6.07) is 23.3. The summed E-state index contributed by atoms with van der Waals surface area (Å²) in [4.78, 5) is 0. The van der Waals surface area contributed by atoms with Crippen LogP contribution >= 0.6 is 0 Å². The summed E-state index contributed by atoms with van der Waals surface area (Å²) >= 11 is 0. The van der Waals surface area contributed by atoms with Crippen LogP contribution in [0.2, 0.25) is 0 Å². The summed E-state index contributed by atoms with van der Waals surface area (Å²) in [5.41, 5.74) is 6.15. The fraction of sp³-hybridized carbons (Fsp3) is 0.290. The molecule has 0 spiro atoms. The van der Waals surface area contributed by atoms with Crippen LogP contribution in [-0.4, -0.2) is 9.25 Å². The summed E-state index contributed by atoms with van der Waals surface area (Å²) < 4.78 is 15.4. The molecule has 2 aromatic heterocycles. The van der Waals surface area contributed by atoms with Gasteiger partial charge in [-0.3, -0.25) is 0 Å². The van der Waals surface area contributed by atoms with Crippen LogP contribution in [0.25, 0.3) is 22.5 Å². The Morgan fingerprint density at radius 2 is 1.44 bits per heavy atom. The van der Waals surface area contributed by atoms with Crippen LogP contribution in [0.4, 0.5) is 0 Å². The van der Waals surface area contributed by atoms with Crippen molar-refractivity contribution in [3.63, 3.8) is 0 Å². The maximum absolute atomic E-state index is 6.54. The van der Waals surface area contributed by atoms with Gasteiger partial charge in [-0.1, -0.05) is 76.2 Å². The first kappa shape index (κ1) is 23.9. The molecule has 5 heteroatoms. The molecule has 0 atom stereocenters. The van der Waals surface area contributed by atoms with Gasteiger partial charge in [0.25, 0.3) is 0 Å². The van der Waals surface area contributed by atoms with E-state index < -0.39 is 0 Å². The first-order valence-corrected chi connectivity index (χ1v) is 12.7. The van der Waals surface area contributed by atoms with E-state index in [2.05, 4.69) is 128 Å². The molecule has 0 aliphatic rings. The molecule has 0 aliphatic carbocycles. The molecular weight excluding hydrogens is 444 g/mol. The van der Waals surface area contributed by atoms with Crippen LogP contribution in [-0.2, 0) is 14.1 Å². The van der Waals surface area contributed by atoms with Gasteiger partial charge in [-0.25, -0.2) is 0 Å². The SMILES string of the molecule is Cc1ccccc1Oc1cn(-c2c(C(C)C)cccc2C(C)C)c(-[n+]2cc3ccccc3n2C)[n+]1C. The Hall–Kier alpha value is -3.86. The molecule has 0 amide bonds. The molecule has 0 radical (unpaired) electrons. The number of ether oxygens (including phenoxy) is 1. The van der Waals surface area contributed by atoms with Crippen molar-refractivity contribution in [3.05, 3.63) is 95.8 Å². The Bertz CT molecular complexity index is 1530. The van der Waals surface area contributed by atoms with Gasteiger partial charge in [0, 0.05) is 11.1 Å². The van der Waals surface area contributed by atoms with Crippen molar-refractivity contribution < 1.29 is 14.0 Å². The number of rotatable bonds is 6. The first-order valence-electron chi connectivity index (χ1n) is 12.7. The van der Waals surface area contributed by atoms with Crippen LogP contribution in [0, 0.1) is 6.92 Å². The van der Waals surface area contributed by atoms with Crippen molar-refractivity contribution in [2.24, 2.45) is 14.1 Å². The lowest BCUT2D eigenvalue weighted by Gasteiger charge is -2.15. The third kappa shape index (κ3) is 3.98. The molecule has 5 aromatic rings. The molecule has 0 saturated carbocycles. The molecule has 2 heterocycles. The average Bonchev–Trinajstić information content (AvgIpc) is 3.36. The summed E-state index contributed by atoms with van der Waals surface area (Å²) in [5, 5.41) is 1.19. The first-order chi connectivity index (χ1) is 17.3. The van der Waals surface area contributed by atoms with Crippen molar-refractivity contribution in [1.82, 2.24) is 9.25 Å². The Labute approximate surface area is 213 Å². The predicted octanol–water partition coefficient (Wildman–Crippen LogP) is 6.42. The average molecular weight is 481 g/mol. The molecule has 0 unspecified atom stereocenters. The van der Waals surface area contributed by atoms with Crippen LogP contribution in [0.1, 0.15) is 56.2 Å². The number of nitrogens with zero attached hydrogens (tertiary/aromatic N) is 4. The standard InChI is InChI=1S/C31H36N4O/c1-21(2)25-15-12-16-26(22(3)4)30(25)34-20-29(36-28-18-11-8-13-23(28)5)32(6)31(34)35-19-24-14-9-10-17-27(24)33(35)7/h8-22H,1-7H3/q+2. The van der Waals surface area contributed by atoms with Gasteiger partial charge in [-0.05, 0) is 47.2 Å². The predicted molar refractivity (Wildman–Crippen MR) is 144 cm³/mol. The molecule has 0 bridgehead atoms. The second kappa shape index (κ2) is 9.30. The largest absolute Gasteiger partial charge is 0.566 e. The normalized spacial score (nSPS) is 11.7. The zero-order chi connectivity index (χ0) is 25.6. The number of aromatic nitrogens is 4. The van der Waals surface area contributed by atoms with Gasteiger partial charge >= 0.3 is 11.8 Å². The number of benzene rings is 3. The molecule has 5 nitrogen and oxygen atoms in total. The maximum Gasteiger partial charge on any atom is 0.566 e. The number of para-hydroxylation sites is 3. The number of fused-ring (bicyclic) bond motifs is 1. The Morgan fingerprint density at radius 3 is 2.08 bits per heavy atom. The topological polar surface area (TPSA) is 26.8 Å². The minimum absolute atomic E-state index is 0.373. The van der Waals surface area contributed by atoms with E-state index in [1.165, 1.54) is 27.7 Å². The molecule has 0 saturated heterocycles. The van der Waals surface area contributed by atoms with Crippen LogP contribution in [0.15, 0.2) is 79.1 Å². The summed E-state index contributed by atoms with van der Waals surface area (Å²) in [6.45, 7) is 11.1. The van der Waals surface area contributed by atoms with Crippen molar-refractivity contribution in [2.75, 3.05) is 0 Å². The summed E-state index contributed by atoms with van der Waals surface area (Å²) in [5.74, 6) is 3.40. The maximum atomic E-state index is 6.54. The Kier molecular flexibility index (Phi) is 6.17. The van der Waals surface area contributed by atoms with Crippen LogP contribution in [0.3, 0.4) is 0 Å². The number of hydrogen-bond donors (Lipinski definition) is 0. The second-order valence-corrected chi connectivity index (χ2v) is 10.2. The van der Waals surface area contributed by atoms with E-state index in [0.717, 1.165) is 23.1 Å². The zero-order valence-corrected chi connectivity index (χ0v) is 22.4. The summed E-state index contributed by atoms with van der Waals surface area (Å²) in [7, 11) is 4.19. The molecule has 36 heavy (non-hydrogen) atoms. The van der Waals surface area contributed by atoms with Crippen molar-refractivity contribution >= 4 is 10.9 Å². The molecular formula is C31H36N4O+2. The third-order valence-electron chi connectivity index (χ3n) is 7.05. The summed E-state index contributed by atoms with van der Waals surface area (Å²) in [6.07, 6.45) is 4.34. The third-order valence-corrected chi connectivity index (χ3v) is 7.05. The van der Waals surface area contributed by atoms with E-state index in [9.17, 15) is 0 Å². The monoisotopic (exact) mass is 480 g/mol.